The molecule has 0 spiro atoms. The predicted octanol–water partition coefficient (Wildman–Crippen LogP) is 5.30. The van der Waals surface area contributed by atoms with Crippen LogP contribution in [-0.2, 0) is 4.79 Å². The molecule has 2 aromatic carbocycles. The van der Waals surface area contributed by atoms with Gasteiger partial charge in [0.15, 0.2) is 0 Å². The maximum absolute atomic E-state index is 13.3. The molecule has 4 saturated carbocycles. The molecule has 2 atom stereocenters. The first-order chi connectivity index (χ1) is 13.8. The quantitative estimate of drug-likeness (QED) is 0.569. The number of hydrogen-bond donors (Lipinski definition) is 1. The molecule has 1 amide bonds. The lowest BCUT2D eigenvalue weighted by Gasteiger charge is -2.64. The van der Waals surface area contributed by atoms with Crippen LogP contribution < -0.4 is 10.2 Å². The minimum Gasteiger partial charge on any atom is -0.496 e. The van der Waals surface area contributed by atoms with Gasteiger partial charge in [0.25, 0.3) is 0 Å². The van der Waals surface area contributed by atoms with E-state index in [0.717, 1.165) is 41.3 Å². The lowest BCUT2D eigenvalue weighted by molar-refractivity contribution is -0.170. The molecule has 0 aromatic heterocycles. The normalized spacial score (nSPS) is 35.3. The molecular formula is C25H30N2O2. The van der Waals surface area contributed by atoms with E-state index in [1.807, 2.05) is 24.3 Å². The Morgan fingerprint density at radius 1 is 1.07 bits per heavy atom. The average molecular weight is 391 g/mol. The zero-order valence-corrected chi connectivity index (χ0v) is 17.6. The maximum Gasteiger partial charge on any atom is 0.246 e. The van der Waals surface area contributed by atoms with Gasteiger partial charge in [0.2, 0.25) is 5.91 Å². The first-order valence-electron chi connectivity index (χ1n) is 10.7. The van der Waals surface area contributed by atoms with Crippen LogP contribution in [0.2, 0.25) is 0 Å². The summed E-state index contributed by atoms with van der Waals surface area (Å²) < 4.78 is 5.53. The highest BCUT2D eigenvalue weighted by Crippen LogP contribution is 2.69. The van der Waals surface area contributed by atoms with E-state index in [4.69, 9.17) is 4.74 Å². The van der Waals surface area contributed by atoms with Crippen LogP contribution in [0.5, 0.6) is 5.75 Å². The number of hydrazone groups is 1. The molecule has 2 aromatic rings. The van der Waals surface area contributed by atoms with Crippen molar-refractivity contribution in [2.45, 2.75) is 52.4 Å². The summed E-state index contributed by atoms with van der Waals surface area (Å²) in [6, 6.07) is 12.1. The smallest absolute Gasteiger partial charge is 0.246 e. The van der Waals surface area contributed by atoms with Gasteiger partial charge in [-0.15, -0.1) is 0 Å². The molecule has 0 aliphatic heterocycles. The van der Waals surface area contributed by atoms with Gasteiger partial charge in [0, 0.05) is 5.56 Å². The number of carbonyl (C=O) groups excluding carboxylic acids is 1. The van der Waals surface area contributed by atoms with Crippen LogP contribution in [0.1, 0.15) is 57.9 Å². The highest BCUT2D eigenvalue weighted by Gasteiger charge is 2.62. The average Bonchev–Trinajstić information content (AvgIpc) is 2.65. The number of nitrogens with one attached hydrogen (secondary N) is 1. The van der Waals surface area contributed by atoms with E-state index >= 15 is 0 Å². The summed E-state index contributed by atoms with van der Waals surface area (Å²) in [4.78, 5) is 13.3. The van der Waals surface area contributed by atoms with Crippen LogP contribution in [0.25, 0.3) is 10.8 Å². The van der Waals surface area contributed by atoms with E-state index in [0.29, 0.717) is 16.7 Å². The van der Waals surface area contributed by atoms with Crippen molar-refractivity contribution in [3.63, 3.8) is 0 Å². The Bertz CT molecular complexity index is 993. The summed E-state index contributed by atoms with van der Waals surface area (Å²) in [6.45, 7) is 4.78. The molecule has 4 heteroatoms. The van der Waals surface area contributed by atoms with Gasteiger partial charge in [-0.2, -0.15) is 5.10 Å². The first-order valence-corrected chi connectivity index (χ1v) is 10.7. The number of benzene rings is 2. The molecule has 4 fully saturated rings. The molecule has 4 bridgehead atoms. The zero-order chi connectivity index (χ0) is 20.3. The van der Waals surface area contributed by atoms with Gasteiger partial charge in [-0.25, -0.2) is 5.43 Å². The van der Waals surface area contributed by atoms with E-state index < -0.39 is 0 Å². The second-order valence-corrected chi connectivity index (χ2v) is 10.5. The fourth-order valence-electron chi connectivity index (χ4n) is 7.56. The van der Waals surface area contributed by atoms with Crippen LogP contribution in [0.4, 0.5) is 0 Å². The van der Waals surface area contributed by atoms with E-state index in [2.05, 4.69) is 36.5 Å². The molecule has 2 unspecified atom stereocenters. The Morgan fingerprint density at radius 3 is 2.48 bits per heavy atom. The molecule has 0 heterocycles. The number of carbonyl (C=O) groups is 1. The summed E-state index contributed by atoms with van der Waals surface area (Å²) in [5.74, 6) is 1.56. The highest BCUT2D eigenvalue weighted by atomic mass is 16.5. The van der Waals surface area contributed by atoms with E-state index in [9.17, 15) is 4.79 Å². The largest absolute Gasteiger partial charge is 0.496 e. The molecule has 1 N–H and O–H groups in total. The van der Waals surface area contributed by atoms with E-state index in [1.54, 1.807) is 13.3 Å². The number of amides is 1. The summed E-state index contributed by atoms with van der Waals surface area (Å²) in [7, 11) is 1.66. The maximum atomic E-state index is 13.3. The molecule has 0 radical (unpaired) electrons. The van der Waals surface area contributed by atoms with Crippen LogP contribution in [-0.4, -0.2) is 19.2 Å². The molecule has 0 saturated heterocycles. The fraction of sp³-hybridized carbons (Fsp3) is 0.520. The number of rotatable bonds is 4. The Kier molecular flexibility index (Phi) is 4.06. The van der Waals surface area contributed by atoms with Gasteiger partial charge in [-0.1, -0.05) is 44.2 Å². The Balaban J connectivity index is 1.41. The van der Waals surface area contributed by atoms with E-state index in [-0.39, 0.29) is 11.3 Å². The molecular weight excluding hydrogens is 360 g/mol. The lowest BCUT2D eigenvalue weighted by Crippen LogP contribution is -2.59. The SMILES string of the molecule is COc1ccc2ccccc2c1/C=N/NC(=O)C12CC3CC(C)(CC(C)(C3)C1)C2. The Labute approximate surface area is 172 Å². The minimum absolute atomic E-state index is 0.106. The number of fused-ring (bicyclic) bond motifs is 1. The molecule has 4 nitrogen and oxygen atoms in total. The summed E-state index contributed by atoms with van der Waals surface area (Å²) >= 11 is 0. The number of ether oxygens (including phenoxy) is 1. The standard InChI is InChI=1S/C25H30N2O2/c1-23-10-17-11-24(2,14-23)16-25(12-17,15-23)22(28)27-26-13-20-19-7-5-4-6-18(19)8-9-21(20)29-3/h4-9,13,17H,10-12,14-16H2,1-3H3,(H,27,28)/b26-13+. The van der Waals surface area contributed by atoms with Gasteiger partial charge in [-0.05, 0) is 72.1 Å². The monoisotopic (exact) mass is 390 g/mol. The topological polar surface area (TPSA) is 50.7 Å². The zero-order valence-electron chi connectivity index (χ0n) is 17.6. The summed E-state index contributed by atoms with van der Waals surface area (Å²) in [5.41, 5.74) is 4.19. The second-order valence-electron chi connectivity index (χ2n) is 10.5. The van der Waals surface area contributed by atoms with Gasteiger partial charge < -0.3 is 4.74 Å². The van der Waals surface area contributed by atoms with Crippen LogP contribution in [0, 0.1) is 22.2 Å². The number of methoxy groups -OCH3 is 1. The van der Waals surface area contributed by atoms with Crippen molar-refractivity contribution in [1.82, 2.24) is 5.43 Å². The molecule has 152 valence electrons. The van der Waals surface area contributed by atoms with Crippen molar-refractivity contribution in [3.8, 4) is 5.75 Å². The van der Waals surface area contributed by atoms with Gasteiger partial charge in [0.05, 0.1) is 18.7 Å². The van der Waals surface area contributed by atoms with Crippen molar-refractivity contribution in [2.75, 3.05) is 7.11 Å². The van der Waals surface area contributed by atoms with Gasteiger partial charge >= 0.3 is 0 Å². The van der Waals surface area contributed by atoms with Crippen LogP contribution >= 0.6 is 0 Å². The number of nitrogens with zero attached hydrogens (tertiary/aromatic N) is 1. The Hall–Kier alpha value is -2.36. The summed E-state index contributed by atoms with van der Waals surface area (Å²) in [5, 5.41) is 6.60. The van der Waals surface area contributed by atoms with Crippen molar-refractivity contribution in [1.29, 1.82) is 0 Å². The third-order valence-corrected chi connectivity index (χ3v) is 7.62. The predicted molar refractivity (Wildman–Crippen MR) is 116 cm³/mol. The molecule has 29 heavy (non-hydrogen) atoms. The van der Waals surface area contributed by atoms with Crippen molar-refractivity contribution in [2.24, 2.45) is 27.3 Å². The summed E-state index contributed by atoms with van der Waals surface area (Å²) in [6.07, 6.45) is 8.61. The van der Waals surface area contributed by atoms with Gasteiger partial charge in [-0.3, -0.25) is 4.79 Å². The molecule has 6 rings (SSSR count). The Morgan fingerprint density at radius 2 is 1.79 bits per heavy atom. The third-order valence-electron chi connectivity index (χ3n) is 7.62. The van der Waals surface area contributed by atoms with Crippen molar-refractivity contribution < 1.29 is 9.53 Å². The van der Waals surface area contributed by atoms with Crippen molar-refractivity contribution in [3.05, 3.63) is 42.0 Å². The lowest BCUT2D eigenvalue weighted by atomic mass is 9.40. The van der Waals surface area contributed by atoms with E-state index in [1.165, 1.54) is 19.3 Å². The molecule has 4 aliphatic rings. The van der Waals surface area contributed by atoms with Gasteiger partial charge in [0.1, 0.15) is 5.75 Å². The highest BCUT2D eigenvalue weighted by molar-refractivity contribution is 6.02. The molecule has 4 aliphatic carbocycles. The first kappa shape index (κ1) is 18.7. The van der Waals surface area contributed by atoms with Crippen LogP contribution in [0.15, 0.2) is 41.5 Å². The van der Waals surface area contributed by atoms with Crippen molar-refractivity contribution >= 4 is 22.9 Å². The fourth-order valence-corrected chi connectivity index (χ4v) is 7.56. The minimum atomic E-state index is -0.247. The third kappa shape index (κ3) is 3.04. The van der Waals surface area contributed by atoms with Crippen LogP contribution in [0.3, 0.4) is 0 Å². The second kappa shape index (κ2) is 6.32. The number of hydrogen-bond acceptors (Lipinski definition) is 3.